The van der Waals surface area contributed by atoms with Gasteiger partial charge < -0.3 is 10.6 Å². The Morgan fingerprint density at radius 1 is 0.962 bits per heavy atom. The van der Waals surface area contributed by atoms with Crippen molar-refractivity contribution in [3.8, 4) is 0 Å². The van der Waals surface area contributed by atoms with E-state index < -0.39 is 43.6 Å². The Hall–Kier alpha value is -2.62. The Labute approximate surface area is 146 Å². The van der Waals surface area contributed by atoms with Crippen molar-refractivity contribution < 1.29 is 30.8 Å². The first-order valence-electron chi connectivity index (χ1n) is 7.31. The third-order valence-corrected chi connectivity index (χ3v) is 4.75. The highest BCUT2D eigenvalue weighted by atomic mass is 32.2. The zero-order chi connectivity index (χ0) is 19.3. The highest BCUT2D eigenvalue weighted by Gasteiger charge is 2.26. The molecule has 0 heterocycles. The topological polar surface area (TPSA) is 75.3 Å². The second-order valence-electron chi connectivity index (χ2n) is 5.11. The SMILES string of the molecule is O=C(NCCNc1ccc(S(=O)(=O)C(F)F)cc1)c1c(F)cccc1F. The summed E-state index contributed by atoms with van der Waals surface area (Å²) in [6.07, 6.45) is 0. The maximum atomic E-state index is 13.4. The van der Waals surface area contributed by atoms with E-state index >= 15 is 0 Å². The molecule has 2 rings (SSSR count). The van der Waals surface area contributed by atoms with Crippen LogP contribution in [0.2, 0.25) is 0 Å². The first kappa shape index (κ1) is 19.7. The summed E-state index contributed by atoms with van der Waals surface area (Å²) in [5, 5.41) is 5.13. The van der Waals surface area contributed by atoms with Crippen molar-refractivity contribution in [3.63, 3.8) is 0 Å². The van der Waals surface area contributed by atoms with Crippen LogP contribution in [0.3, 0.4) is 0 Å². The highest BCUT2D eigenvalue weighted by molar-refractivity contribution is 7.91. The lowest BCUT2D eigenvalue weighted by atomic mass is 10.2. The van der Waals surface area contributed by atoms with Gasteiger partial charge in [-0.05, 0) is 36.4 Å². The summed E-state index contributed by atoms with van der Waals surface area (Å²) in [6, 6.07) is 7.69. The number of sulfone groups is 1. The molecule has 26 heavy (non-hydrogen) atoms. The van der Waals surface area contributed by atoms with E-state index in [1.165, 1.54) is 12.1 Å². The van der Waals surface area contributed by atoms with Gasteiger partial charge >= 0.3 is 5.76 Å². The zero-order valence-corrected chi connectivity index (χ0v) is 14.0. The number of hydrogen-bond donors (Lipinski definition) is 2. The summed E-state index contributed by atoms with van der Waals surface area (Å²) in [6.45, 7) is 0.173. The molecule has 0 radical (unpaired) electrons. The lowest BCUT2D eigenvalue weighted by Crippen LogP contribution is -2.30. The Kier molecular flexibility index (Phi) is 6.19. The Morgan fingerprint density at radius 2 is 1.54 bits per heavy atom. The molecule has 0 aliphatic carbocycles. The van der Waals surface area contributed by atoms with Crippen molar-refractivity contribution >= 4 is 21.4 Å². The fourth-order valence-corrected chi connectivity index (χ4v) is 2.77. The minimum atomic E-state index is -4.66. The molecule has 0 saturated carbocycles. The highest BCUT2D eigenvalue weighted by Crippen LogP contribution is 2.20. The van der Waals surface area contributed by atoms with Crippen molar-refractivity contribution in [2.75, 3.05) is 18.4 Å². The van der Waals surface area contributed by atoms with E-state index in [4.69, 9.17) is 0 Å². The van der Waals surface area contributed by atoms with E-state index in [-0.39, 0.29) is 13.1 Å². The normalized spacial score (nSPS) is 11.4. The number of carbonyl (C=O) groups excluding carboxylic acids is 1. The summed E-state index contributed by atoms with van der Waals surface area (Å²) < 4.78 is 74.3. The van der Waals surface area contributed by atoms with E-state index in [9.17, 15) is 30.8 Å². The van der Waals surface area contributed by atoms with Crippen molar-refractivity contribution in [3.05, 3.63) is 59.7 Å². The maximum Gasteiger partial charge on any atom is 0.341 e. The number of halogens is 4. The second-order valence-corrected chi connectivity index (χ2v) is 7.03. The van der Waals surface area contributed by atoms with E-state index in [0.717, 1.165) is 30.3 Å². The number of rotatable bonds is 7. The van der Waals surface area contributed by atoms with Crippen LogP contribution in [-0.2, 0) is 9.84 Å². The minimum absolute atomic E-state index is 0.0176. The lowest BCUT2D eigenvalue weighted by molar-refractivity contribution is 0.0946. The molecule has 10 heteroatoms. The Morgan fingerprint density at radius 3 is 2.08 bits per heavy atom. The average molecular weight is 390 g/mol. The van der Waals surface area contributed by atoms with Crippen LogP contribution in [0.15, 0.2) is 47.4 Å². The number of amides is 1. The summed E-state index contributed by atoms with van der Waals surface area (Å²) in [5.74, 6) is -6.38. The van der Waals surface area contributed by atoms with Gasteiger partial charge in [-0.25, -0.2) is 17.2 Å². The standard InChI is InChI=1S/C16H14F4N2O3S/c17-12-2-1-3-13(18)14(12)15(23)22-9-8-21-10-4-6-11(7-5-10)26(24,25)16(19)20/h1-7,16,21H,8-9H2,(H,22,23). The van der Waals surface area contributed by atoms with Gasteiger partial charge in [0.05, 0.1) is 4.90 Å². The van der Waals surface area contributed by atoms with Crippen LogP contribution in [0, 0.1) is 11.6 Å². The molecule has 0 aliphatic rings. The van der Waals surface area contributed by atoms with Crippen LogP contribution in [0.5, 0.6) is 0 Å². The molecule has 0 bridgehead atoms. The van der Waals surface area contributed by atoms with Gasteiger partial charge in [0, 0.05) is 18.8 Å². The molecule has 0 aromatic heterocycles. The number of anilines is 1. The molecule has 0 saturated heterocycles. The van der Waals surface area contributed by atoms with Gasteiger partial charge in [-0.15, -0.1) is 0 Å². The van der Waals surface area contributed by atoms with Crippen molar-refractivity contribution in [2.24, 2.45) is 0 Å². The van der Waals surface area contributed by atoms with E-state index in [1.54, 1.807) is 0 Å². The fraction of sp³-hybridized carbons (Fsp3) is 0.188. The monoisotopic (exact) mass is 390 g/mol. The van der Waals surface area contributed by atoms with Gasteiger partial charge in [0.25, 0.3) is 5.91 Å². The molecule has 0 spiro atoms. The first-order chi connectivity index (χ1) is 12.2. The van der Waals surface area contributed by atoms with E-state index in [1.807, 2.05) is 0 Å². The van der Waals surface area contributed by atoms with Gasteiger partial charge in [0.1, 0.15) is 17.2 Å². The largest absolute Gasteiger partial charge is 0.383 e. The average Bonchev–Trinajstić information content (AvgIpc) is 2.59. The molecule has 0 atom stereocenters. The van der Waals surface area contributed by atoms with Crippen LogP contribution in [0.4, 0.5) is 23.2 Å². The lowest BCUT2D eigenvalue weighted by Gasteiger charge is -2.10. The van der Waals surface area contributed by atoms with Gasteiger partial charge in [0.2, 0.25) is 9.84 Å². The number of nitrogens with one attached hydrogen (secondary N) is 2. The number of benzene rings is 2. The second kappa shape index (κ2) is 8.17. The predicted molar refractivity (Wildman–Crippen MR) is 86.8 cm³/mol. The Balaban J connectivity index is 1.88. The van der Waals surface area contributed by atoms with Crippen molar-refractivity contribution in [2.45, 2.75) is 10.7 Å². The molecule has 2 N–H and O–H groups in total. The van der Waals surface area contributed by atoms with Gasteiger partial charge in [-0.3, -0.25) is 4.79 Å². The van der Waals surface area contributed by atoms with Crippen LogP contribution in [0.1, 0.15) is 10.4 Å². The van der Waals surface area contributed by atoms with Gasteiger partial charge in [0.15, 0.2) is 0 Å². The molecule has 1 amide bonds. The molecule has 2 aromatic rings. The van der Waals surface area contributed by atoms with Crippen molar-refractivity contribution in [1.82, 2.24) is 5.32 Å². The predicted octanol–water partition coefficient (Wildman–Crippen LogP) is 2.80. The van der Waals surface area contributed by atoms with Crippen LogP contribution in [-0.4, -0.2) is 33.2 Å². The van der Waals surface area contributed by atoms with Crippen molar-refractivity contribution in [1.29, 1.82) is 0 Å². The third-order valence-electron chi connectivity index (χ3n) is 3.35. The molecule has 140 valence electrons. The Bertz CT molecular complexity index is 867. The summed E-state index contributed by atoms with van der Waals surface area (Å²) in [7, 11) is -4.66. The third kappa shape index (κ3) is 4.51. The molecule has 0 fully saturated rings. The molecular formula is C16H14F4N2O3S. The zero-order valence-electron chi connectivity index (χ0n) is 13.2. The van der Waals surface area contributed by atoms with Gasteiger partial charge in [-0.2, -0.15) is 8.78 Å². The van der Waals surface area contributed by atoms with Crippen LogP contribution in [0.25, 0.3) is 0 Å². The summed E-state index contributed by atoms with van der Waals surface area (Å²) in [5.41, 5.74) is -0.265. The van der Waals surface area contributed by atoms with E-state index in [0.29, 0.717) is 5.69 Å². The molecule has 0 unspecified atom stereocenters. The first-order valence-corrected chi connectivity index (χ1v) is 8.86. The molecule has 2 aromatic carbocycles. The maximum absolute atomic E-state index is 13.4. The minimum Gasteiger partial charge on any atom is -0.383 e. The number of alkyl halides is 2. The fourth-order valence-electron chi connectivity index (χ4n) is 2.05. The number of carbonyl (C=O) groups is 1. The summed E-state index contributed by atoms with van der Waals surface area (Å²) in [4.78, 5) is 11.2. The molecule has 5 nitrogen and oxygen atoms in total. The van der Waals surface area contributed by atoms with E-state index in [2.05, 4.69) is 10.6 Å². The van der Waals surface area contributed by atoms with Crippen LogP contribution >= 0.6 is 0 Å². The van der Waals surface area contributed by atoms with Crippen LogP contribution < -0.4 is 10.6 Å². The number of hydrogen-bond acceptors (Lipinski definition) is 4. The quantitative estimate of drug-likeness (QED) is 0.563. The van der Waals surface area contributed by atoms with Gasteiger partial charge in [-0.1, -0.05) is 6.07 Å². The summed E-state index contributed by atoms with van der Waals surface area (Å²) >= 11 is 0. The molecular weight excluding hydrogens is 376 g/mol. The smallest absolute Gasteiger partial charge is 0.341 e. The molecule has 0 aliphatic heterocycles.